The molecule has 1 aromatic carbocycles. The number of hydrogen-bond acceptors (Lipinski definition) is 4. The first-order valence-corrected chi connectivity index (χ1v) is 6.58. The van der Waals surface area contributed by atoms with E-state index in [2.05, 4.69) is 5.32 Å². The average molecular weight is 289 g/mol. The fraction of sp³-hybridized carbons (Fsp3) is 0.333. The van der Waals surface area contributed by atoms with Crippen LogP contribution in [0.1, 0.15) is 24.2 Å². The van der Waals surface area contributed by atoms with Crippen LogP contribution in [0, 0.1) is 0 Å². The van der Waals surface area contributed by atoms with E-state index in [0.717, 1.165) is 0 Å². The molecule has 0 spiro atoms. The standard InChI is InChI=1S/C15H19N3O3/c1-15(2,8-19)17-14(21)9-7-18(3)11-6-4-5-10(16)12(11)13(9)20/h4-7,19H,8,16H2,1-3H3,(H,17,21). The van der Waals surface area contributed by atoms with Crippen LogP contribution in [0.25, 0.3) is 10.9 Å². The number of nitrogen functional groups attached to an aromatic ring is 1. The molecule has 0 aliphatic carbocycles. The van der Waals surface area contributed by atoms with Gasteiger partial charge in [-0.05, 0) is 26.0 Å². The van der Waals surface area contributed by atoms with Crippen molar-refractivity contribution in [2.24, 2.45) is 7.05 Å². The lowest BCUT2D eigenvalue weighted by Gasteiger charge is -2.23. The third-order valence-corrected chi connectivity index (χ3v) is 3.34. The molecule has 0 bridgehead atoms. The molecule has 112 valence electrons. The van der Waals surface area contributed by atoms with Crippen molar-refractivity contribution in [3.8, 4) is 0 Å². The monoisotopic (exact) mass is 289 g/mol. The van der Waals surface area contributed by atoms with E-state index in [1.165, 1.54) is 6.20 Å². The summed E-state index contributed by atoms with van der Waals surface area (Å²) in [6.45, 7) is 3.12. The van der Waals surface area contributed by atoms with Gasteiger partial charge in [-0.15, -0.1) is 0 Å². The van der Waals surface area contributed by atoms with Gasteiger partial charge in [-0.3, -0.25) is 9.59 Å². The molecule has 2 rings (SSSR count). The van der Waals surface area contributed by atoms with E-state index >= 15 is 0 Å². The molecule has 0 saturated heterocycles. The summed E-state index contributed by atoms with van der Waals surface area (Å²) < 4.78 is 1.69. The van der Waals surface area contributed by atoms with Crippen LogP contribution < -0.4 is 16.5 Å². The molecule has 6 nitrogen and oxygen atoms in total. The van der Waals surface area contributed by atoms with Gasteiger partial charge in [-0.2, -0.15) is 0 Å². The van der Waals surface area contributed by atoms with Gasteiger partial charge in [-0.25, -0.2) is 0 Å². The van der Waals surface area contributed by atoms with Crippen molar-refractivity contribution in [2.75, 3.05) is 12.3 Å². The number of aliphatic hydroxyl groups excluding tert-OH is 1. The summed E-state index contributed by atoms with van der Waals surface area (Å²) in [5.74, 6) is -0.528. The molecule has 0 aliphatic heterocycles. The van der Waals surface area contributed by atoms with Crippen molar-refractivity contribution in [2.45, 2.75) is 19.4 Å². The van der Waals surface area contributed by atoms with Crippen LogP contribution in [0.3, 0.4) is 0 Å². The van der Waals surface area contributed by atoms with Gasteiger partial charge in [0.15, 0.2) is 0 Å². The number of aromatic nitrogens is 1. The first kappa shape index (κ1) is 15.1. The summed E-state index contributed by atoms with van der Waals surface area (Å²) in [5, 5.41) is 12.2. The second-order valence-electron chi connectivity index (χ2n) is 5.72. The summed E-state index contributed by atoms with van der Waals surface area (Å²) >= 11 is 0. The number of fused-ring (bicyclic) bond motifs is 1. The number of benzene rings is 1. The number of aryl methyl sites for hydroxylation is 1. The number of nitrogens with two attached hydrogens (primary N) is 1. The molecule has 1 amide bonds. The Bertz CT molecular complexity index is 763. The number of pyridine rings is 1. The Morgan fingerprint density at radius 1 is 1.43 bits per heavy atom. The number of carbonyl (C=O) groups excluding carboxylic acids is 1. The largest absolute Gasteiger partial charge is 0.398 e. The van der Waals surface area contributed by atoms with E-state index in [-0.39, 0.29) is 12.2 Å². The summed E-state index contributed by atoms with van der Waals surface area (Å²) in [6, 6.07) is 5.15. The number of carbonyl (C=O) groups is 1. The maximum atomic E-state index is 12.5. The van der Waals surface area contributed by atoms with Crippen LogP contribution in [-0.4, -0.2) is 27.7 Å². The molecule has 0 fully saturated rings. The quantitative estimate of drug-likeness (QED) is 0.722. The summed E-state index contributed by atoms with van der Waals surface area (Å²) in [7, 11) is 1.75. The second-order valence-corrected chi connectivity index (χ2v) is 5.72. The van der Waals surface area contributed by atoms with Crippen LogP contribution in [-0.2, 0) is 7.05 Å². The van der Waals surface area contributed by atoms with Crippen molar-refractivity contribution in [3.05, 3.63) is 40.2 Å². The Labute approximate surface area is 122 Å². The van der Waals surface area contributed by atoms with E-state index in [1.807, 2.05) is 0 Å². The molecule has 0 radical (unpaired) electrons. The van der Waals surface area contributed by atoms with Crippen molar-refractivity contribution >= 4 is 22.5 Å². The SMILES string of the molecule is Cn1cc(C(=O)NC(C)(C)CO)c(=O)c2c(N)cccc21. The first-order chi connectivity index (χ1) is 9.76. The molecule has 0 saturated carbocycles. The molecule has 6 heteroatoms. The third-order valence-electron chi connectivity index (χ3n) is 3.34. The van der Waals surface area contributed by atoms with Crippen molar-refractivity contribution in [3.63, 3.8) is 0 Å². The van der Waals surface area contributed by atoms with Crippen LogP contribution in [0.2, 0.25) is 0 Å². The average Bonchev–Trinajstić information content (AvgIpc) is 2.42. The lowest BCUT2D eigenvalue weighted by Crippen LogP contribution is -2.47. The lowest BCUT2D eigenvalue weighted by atomic mass is 10.1. The van der Waals surface area contributed by atoms with Gasteiger partial charge in [0.05, 0.1) is 23.0 Å². The molecule has 1 heterocycles. The van der Waals surface area contributed by atoms with E-state index in [1.54, 1.807) is 43.7 Å². The maximum absolute atomic E-state index is 12.5. The highest BCUT2D eigenvalue weighted by Crippen LogP contribution is 2.17. The molecule has 4 N–H and O–H groups in total. The molecular weight excluding hydrogens is 270 g/mol. The first-order valence-electron chi connectivity index (χ1n) is 6.58. The van der Waals surface area contributed by atoms with E-state index in [9.17, 15) is 14.7 Å². The van der Waals surface area contributed by atoms with Crippen molar-refractivity contribution < 1.29 is 9.90 Å². The van der Waals surface area contributed by atoms with Crippen LogP contribution in [0.15, 0.2) is 29.2 Å². The van der Waals surface area contributed by atoms with Crippen LogP contribution in [0.5, 0.6) is 0 Å². The molecule has 1 aromatic heterocycles. The number of aliphatic hydroxyl groups is 1. The maximum Gasteiger partial charge on any atom is 0.257 e. The predicted molar refractivity (Wildman–Crippen MR) is 82.2 cm³/mol. The van der Waals surface area contributed by atoms with Gasteiger partial charge in [0.2, 0.25) is 5.43 Å². The Balaban J connectivity index is 2.61. The zero-order chi connectivity index (χ0) is 15.8. The minimum Gasteiger partial charge on any atom is -0.398 e. The Kier molecular flexibility index (Phi) is 3.74. The topological polar surface area (TPSA) is 97.4 Å². The minimum atomic E-state index is -0.806. The van der Waals surface area contributed by atoms with Crippen molar-refractivity contribution in [1.82, 2.24) is 9.88 Å². The fourth-order valence-electron chi connectivity index (χ4n) is 2.13. The smallest absolute Gasteiger partial charge is 0.257 e. The predicted octanol–water partition coefficient (Wildman–Crippen LogP) is 0.621. The molecular formula is C15H19N3O3. The molecule has 0 unspecified atom stereocenters. The molecule has 21 heavy (non-hydrogen) atoms. The van der Waals surface area contributed by atoms with Crippen molar-refractivity contribution in [1.29, 1.82) is 0 Å². The third kappa shape index (κ3) is 2.75. The molecule has 2 aromatic rings. The number of nitrogens with zero attached hydrogens (tertiary/aromatic N) is 1. The lowest BCUT2D eigenvalue weighted by molar-refractivity contribution is 0.0868. The van der Waals surface area contributed by atoms with Gasteiger partial charge in [-0.1, -0.05) is 6.07 Å². The molecule has 0 atom stereocenters. The zero-order valence-electron chi connectivity index (χ0n) is 12.3. The van der Waals surface area contributed by atoms with Crippen LogP contribution in [0.4, 0.5) is 5.69 Å². The number of nitrogens with one attached hydrogen (secondary N) is 1. The number of amides is 1. The second kappa shape index (κ2) is 5.21. The Hall–Kier alpha value is -2.34. The fourth-order valence-corrected chi connectivity index (χ4v) is 2.13. The normalized spacial score (nSPS) is 11.6. The Morgan fingerprint density at radius 3 is 2.71 bits per heavy atom. The number of anilines is 1. The van der Waals surface area contributed by atoms with Gasteiger partial charge in [0.25, 0.3) is 5.91 Å². The van der Waals surface area contributed by atoms with Gasteiger partial charge in [0, 0.05) is 18.9 Å². The minimum absolute atomic E-state index is 0.00410. The highest BCUT2D eigenvalue weighted by Gasteiger charge is 2.23. The number of rotatable bonds is 3. The van der Waals surface area contributed by atoms with E-state index in [4.69, 9.17) is 5.73 Å². The van der Waals surface area contributed by atoms with Gasteiger partial charge >= 0.3 is 0 Å². The summed E-state index contributed by atoms with van der Waals surface area (Å²) in [6.07, 6.45) is 1.48. The van der Waals surface area contributed by atoms with E-state index in [0.29, 0.717) is 16.6 Å². The highest BCUT2D eigenvalue weighted by atomic mass is 16.3. The van der Waals surface area contributed by atoms with Crippen LogP contribution >= 0.6 is 0 Å². The summed E-state index contributed by atoms with van der Waals surface area (Å²) in [5.41, 5.74) is 5.65. The van der Waals surface area contributed by atoms with E-state index < -0.39 is 16.9 Å². The summed E-state index contributed by atoms with van der Waals surface area (Å²) in [4.78, 5) is 24.8. The number of hydrogen-bond donors (Lipinski definition) is 3. The van der Waals surface area contributed by atoms with Gasteiger partial charge < -0.3 is 20.7 Å². The highest BCUT2D eigenvalue weighted by molar-refractivity contribution is 6.00. The van der Waals surface area contributed by atoms with Gasteiger partial charge in [0.1, 0.15) is 5.56 Å². The Morgan fingerprint density at radius 2 is 2.10 bits per heavy atom. The molecule has 0 aliphatic rings. The zero-order valence-corrected chi connectivity index (χ0v) is 12.3.